The minimum absolute atomic E-state index is 0.142. The van der Waals surface area contributed by atoms with Crippen molar-refractivity contribution in [2.75, 3.05) is 19.6 Å². The standard InChI is InChI=1S/C15H22N2O/c1-12(2)9-16-15(18)11-17-8-7-13-5-3-4-6-14(13)10-17/h3-6,12H,7-11H2,1-2H3,(H,16,18). The Bertz CT molecular complexity index is 415. The Kier molecular flexibility index (Phi) is 4.37. The Morgan fingerprint density at radius 2 is 2.06 bits per heavy atom. The van der Waals surface area contributed by atoms with E-state index in [0.717, 1.165) is 26.1 Å². The van der Waals surface area contributed by atoms with Crippen molar-refractivity contribution in [1.29, 1.82) is 0 Å². The molecule has 1 aromatic rings. The zero-order valence-electron chi connectivity index (χ0n) is 11.3. The van der Waals surface area contributed by atoms with Crippen LogP contribution in [0.1, 0.15) is 25.0 Å². The molecule has 1 N–H and O–H groups in total. The zero-order valence-corrected chi connectivity index (χ0v) is 11.3. The Labute approximate surface area is 109 Å². The number of fused-ring (bicyclic) bond motifs is 1. The molecule has 3 heteroatoms. The number of rotatable bonds is 4. The first-order chi connectivity index (χ1) is 8.65. The van der Waals surface area contributed by atoms with Gasteiger partial charge in [0, 0.05) is 19.6 Å². The summed E-state index contributed by atoms with van der Waals surface area (Å²) in [5.74, 6) is 0.652. The summed E-state index contributed by atoms with van der Waals surface area (Å²) in [7, 11) is 0. The molecule has 0 saturated carbocycles. The molecule has 0 atom stereocenters. The molecule has 0 aliphatic carbocycles. The predicted molar refractivity (Wildman–Crippen MR) is 73.3 cm³/mol. The number of amides is 1. The van der Waals surface area contributed by atoms with Gasteiger partial charge in [0.1, 0.15) is 0 Å². The lowest BCUT2D eigenvalue weighted by molar-refractivity contribution is -0.122. The van der Waals surface area contributed by atoms with Crippen LogP contribution >= 0.6 is 0 Å². The first-order valence-electron chi connectivity index (χ1n) is 6.71. The van der Waals surface area contributed by atoms with Crippen molar-refractivity contribution in [3.63, 3.8) is 0 Å². The normalized spacial score (nSPS) is 15.5. The lowest BCUT2D eigenvalue weighted by Gasteiger charge is -2.28. The molecule has 0 fully saturated rings. The van der Waals surface area contributed by atoms with E-state index >= 15 is 0 Å². The SMILES string of the molecule is CC(C)CNC(=O)CN1CCc2ccccc2C1. The van der Waals surface area contributed by atoms with Crippen LogP contribution in [0.3, 0.4) is 0 Å². The van der Waals surface area contributed by atoms with Gasteiger partial charge in [-0.25, -0.2) is 0 Å². The van der Waals surface area contributed by atoms with Gasteiger partial charge < -0.3 is 5.32 Å². The summed E-state index contributed by atoms with van der Waals surface area (Å²) < 4.78 is 0. The second-order valence-electron chi connectivity index (χ2n) is 5.43. The van der Waals surface area contributed by atoms with E-state index in [4.69, 9.17) is 0 Å². The van der Waals surface area contributed by atoms with Crippen LogP contribution in [0.4, 0.5) is 0 Å². The molecule has 1 aliphatic rings. The summed E-state index contributed by atoms with van der Waals surface area (Å²) in [5, 5.41) is 2.97. The van der Waals surface area contributed by atoms with Gasteiger partial charge in [0.25, 0.3) is 0 Å². The average molecular weight is 246 g/mol. The summed E-state index contributed by atoms with van der Waals surface area (Å²) in [5.41, 5.74) is 2.79. The van der Waals surface area contributed by atoms with Gasteiger partial charge in [-0.2, -0.15) is 0 Å². The summed E-state index contributed by atoms with van der Waals surface area (Å²) >= 11 is 0. The van der Waals surface area contributed by atoms with Gasteiger partial charge in [-0.1, -0.05) is 38.1 Å². The molecule has 18 heavy (non-hydrogen) atoms. The Morgan fingerprint density at radius 3 is 2.78 bits per heavy atom. The zero-order chi connectivity index (χ0) is 13.0. The molecule has 0 aromatic heterocycles. The number of carbonyl (C=O) groups excluding carboxylic acids is 1. The van der Waals surface area contributed by atoms with Crippen LogP contribution in [0, 0.1) is 5.92 Å². The minimum atomic E-state index is 0.142. The first kappa shape index (κ1) is 13.1. The van der Waals surface area contributed by atoms with E-state index in [2.05, 4.69) is 48.3 Å². The summed E-state index contributed by atoms with van der Waals surface area (Å²) in [6.45, 7) is 7.37. The number of nitrogens with one attached hydrogen (secondary N) is 1. The lowest BCUT2D eigenvalue weighted by atomic mass is 10.00. The largest absolute Gasteiger partial charge is 0.355 e. The van der Waals surface area contributed by atoms with E-state index in [1.807, 2.05) is 0 Å². The van der Waals surface area contributed by atoms with Crippen LogP contribution in [-0.4, -0.2) is 30.4 Å². The maximum Gasteiger partial charge on any atom is 0.234 e. The van der Waals surface area contributed by atoms with Gasteiger partial charge in [0.2, 0.25) is 5.91 Å². The fraction of sp³-hybridized carbons (Fsp3) is 0.533. The Balaban J connectivity index is 1.84. The highest BCUT2D eigenvalue weighted by molar-refractivity contribution is 5.78. The van der Waals surface area contributed by atoms with Gasteiger partial charge >= 0.3 is 0 Å². The molecule has 2 rings (SSSR count). The molecule has 0 saturated heterocycles. The molecule has 1 amide bonds. The van der Waals surface area contributed by atoms with E-state index in [1.165, 1.54) is 11.1 Å². The highest BCUT2D eigenvalue weighted by Gasteiger charge is 2.17. The number of carbonyl (C=O) groups is 1. The predicted octanol–water partition coefficient (Wildman–Crippen LogP) is 1.82. The van der Waals surface area contributed by atoms with Crippen LogP contribution in [0.5, 0.6) is 0 Å². The molecule has 0 spiro atoms. The second kappa shape index (κ2) is 6.01. The summed E-state index contributed by atoms with van der Waals surface area (Å²) in [6.07, 6.45) is 1.05. The van der Waals surface area contributed by atoms with Crippen molar-refractivity contribution < 1.29 is 4.79 Å². The van der Waals surface area contributed by atoms with Crippen molar-refractivity contribution >= 4 is 5.91 Å². The van der Waals surface area contributed by atoms with E-state index in [-0.39, 0.29) is 5.91 Å². The molecule has 0 unspecified atom stereocenters. The van der Waals surface area contributed by atoms with Crippen molar-refractivity contribution in [3.8, 4) is 0 Å². The quantitative estimate of drug-likeness (QED) is 0.879. The maximum absolute atomic E-state index is 11.8. The van der Waals surface area contributed by atoms with Crippen LogP contribution in [0.15, 0.2) is 24.3 Å². The molecule has 1 heterocycles. The third-order valence-electron chi connectivity index (χ3n) is 3.28. The van der Waals surface area contributed by atoms with Gasteiger partial charge in [-0.3, -0.25) is 9.69 Å². The number of nitrogens with zero attached hydrogens (tertiary/aromatic N) is 1. The van der Waals surface area contributed by atoms with Crippen LogP contribution in [-0.2, 0) is 17.8 Å². The van der Waals surface area contributed by atoms with Crippen molar-refractivity contribution in [1.82, 2.24) is 10.2 Å². The highest BCUT2D eigenvalue weighted by atomic mass is 16.2. The van der Waals surface area contributed by atoms with Gasteiger partial charge in [-0.15, -0.1) is 0 Å². The van der Waals surface area contributed by atoms with Gasteiger partial charge in [0.15, 0.2) is 0 Å². The molecular formula is C15H22N2O. The molecule has 1 aliphatic heterocycles. The van der Waals surface area contributed by atoms with Crippen molar-refractivity contribution in [2.45, 2.75) is 26.8 Å². The number of hydrogen-bond acceptors (Lipinski definition) is 2. The fourth-order valence-electron chi connectivity index (χ4n) is 2.27. The Hall–Kier alpha value is -1.35. The number of hydrogen-bond donors (Lipinski definition) is 1. The van der Waals surface area contributed by atoms with Crippen molar-refractivity contribution in [3.05, 3.63) is 35.4 Å². The first-order valence-corrected chi connectivity index (χ1v) is 6.71. The van der Waals surface area contributed by atoms with Crippen LogP contribution < -0.4 is 5.32 Å². The van der Waals surface area contributed by atoms with Crippen LogP contribution in [0.25, 0.3) is 0 Å². The van der Waals surface area contributed by atoms with E-state index < -0.39 is 0 Å². The monoisotopic (exact) mass is 246 g/mol. The summed E-state index contributed by atoms with van der Waals surface area (Å²) in [4.78, 5) is 14.0. The highest BCUT2D eigenvalue weighted by Crippen LogP contribution is 2.17. The average Bonchev–Trinajstić information content (AvgIpc) is 2.36. The van der Waals surface area contributed by atoms with Crippen LogP contribution in [0.2, 0.25) is 0 Å². The minimum Gasteiger partial charge on any atom is -0.355 e. The molecule has 0 radical (unpaired) electrons. The fourth-order valence-corrected chi connectivity index (χ4v) is 2.27. The van der Waals surface area contributed by atoms with Gasteiger partial charge in [-0.05, 0) is 23.5 Å². The third-order valence-corrected chi connectivity index (χ3v) is 3.28. The molecule has 1 aromatic carbocycles. The van der Waals surface area contributed by atoms with E-state index in [1.54, 1.807) is 0 Å². The molecule has 0 bridgehead atoms. The molecule has 98 valence electrons. The van der Waals surface area contributed by atoms with Crippen molar-refractivity contribution in [2.24, 2.45) is 5.92 Å². The molecular weight excluding hydrogens is 224 g/mol. The van der Waals surface area contributed by atoms with Gasteiger partial charge in [0.05, 0.1) is 6.54 Å². The Morgan fingerprint density at radius 1 is 1.33 bits per heavy atom. The maximum atomic E-state index is 11.8. The second-order valence-corrected chi connectivity index (χ2v) is 5.43. The lowest BCUT2D eigenvalue weighted by Crippen LogP contribution is -2.40. The summed E-state index contributed by atoms with van der Waals surface area (Å²) in [6, 6.07) is 8.50. The van der Waals surface area contributed by atoms with E-state index in [0.29, 0.717) is 12.5 Å². The smallest absolute Gasteiger partial charge is 0.234 e. The molecule has 3 nitrogen and oxygen atoms in total. The van der Waals surface area contributed by atoms with E-state index in [9.17, 15) is 4.79 Å². The topological polar surface area (TPSA) is 32.3 Å². The number of benzene rings is 1. The third kappa shape index (κ3) is 3.57.